The Morgan fingerprint density at radius 3 is 2.44 bits per heavy atom. The van der Waals surface area contributed by atoms with Crippen LogP contribution >= 0.6 is 24.0 Å². The predicted octanol–water partition coefficient (Wildman–Crippen LogP) is 3.95. The minimum absolute atomic E-state index is 0. The van der Waals surface area contributed by atoms with Crippen molar-refractivity contribution in [3.8, 4) is 0 Å². The standard InChI is InChI=1S/C20H38N4O2.HI/c1-6-21-18(23-11-7-9-16(2)14-23)22-13-17-10-8-12-24(15-17)19(25)26-20(3,4)5;/h16-17H,6-15H2,1-5H3,(H,21,22);1H. The van der Waals surface area contributed by atoms with Crippen molar-refractivity contribution >= 4 is 36.0 Å². The first-order valence-electron chi connectivity index (χ1n) is 10.3. The van der Waals surface area contributed by atoms with Crippen LogP contribution in [0.5, 0.6) is 0 Å². The Morgan fingerprint density at radius 1 is 1.15 bits per heavy atom. The predicted molar refractivity (Wildman–Crippen MR) is 122 cm³/mol. The number of carbonyl (C=O) groups excluding carboxylic acids is 1. The Bertz CT molecular complexity index is 493. The molecule has 1 N–H and O–H groups in total. The van der Waals surface area contributed by atoms with Gasteiger partial charge in [-0.3, -0.25) is 4.99 Å². The summed E-state index contributed by atoms with van der Waals surface area (Å²) in [5, 5.41) is 3.45. The summed E-state index contributed by atoms with van der Waals surface area (Å²) in [5.41, 5.74) is -0.439. The van der Waals surface area contributed by atoms with Crippen molar-refractivity contribution in [2.45, 2.75) is 65.9 Å². The number of nitrogens with one attached hydrogen (secondary N) is 1. The molecular weight excluding hydrogens is 455 g/mol. The highest BCUT2D eigenvalue weighted by molar-refractivity contribution is 14.0. The van der Waals surface area contributed by atoms with E-state index < -0.39 is 5.60 Å². The molecule has 0 aromatic heterocycles. The Kier molecular flexibility index (Phi) is 10.2. The van der Waals surface area contributed by atoms with E-state index in [0.29, 0.717) is 5.92 Å². The van der Waals surface area contributed by atoms with Gasteiger partial charge in [-0.25, -0.2) is 4.79 Å². The second-order valence-electron chi connectivity index (χ2n) is 8.82. The molecule has 0 spiro atoms. The van der Waals surface area contributed by atoms with Crippen LogP contribution in [0.3, 0.4) is 0 Å². The van der Waals surface area contributed by atoms with Crippen LogP contribution in [-0.2, 0) is 4.74 Å². The maximum Gasteiger partial charge on any atom is 0.410 e. The number of likely N-dealkylation sites (tertiary alicyclic amines) is 2. The number of nitrogens with zero attached hydrogens (tertiary/aromatic N) is 3. The number of aliphatic imine (C=N–C) groups is 1. The number of hydrogen-bond acceptors (Lipinski definition) is 3. The topological polar surface area (TPSA) is 57.2 Å². The Morgan fingerprint density at radius 2 is 1.81 bits per heavy atom. The molecule has 0 bridgehead atoms. The number of piperidine rings is 2. The Balaban J connectivity index is 0.00000364. The van der Waals surface area contributed by atoms with Crippen molar-refractivity contribution < 1.29 is 9.53 Å². The van der Waals surface area contributed by atoms with Crippen molar-refractivity contribution in [2.24, 2.45) is 16.8 Å². The van der Waals surface area contributed by atoms with Crippen LogP contribution in [0.15, 0.2) is 4.99 Å². The molecule has 158 valence electrons. The van der Waals surface area contributed by atoms with Gasteiger partial charge in [-0.15, -0.1) is 24.0 Å². The summed E-state index contributed by atoms with van der Waals surface area (Å²) < 4.78 is 5.53. The monoisotopic (exact) mass is 494 g/mol. The molecule has 0 aliphatic carbocycles. The van der Waals surface area contributed by atoms with Crippen LogP contribution in [0, 0.1) is 11.8 Å². The van der Waals surface area contributed by atoms with Crippen LogP contribution in [0.1, 0.15) is 60.3 Å². The second kappa shape index (κ2) is 11.3. The average molecular weight is 494 g/mol. The molecule has 0 radical (unpaired) electrons. The van der Waals surface area contributed by atoms with E-state index in [2.05, 4.69) is 24.1 Å². The van der Waals surface area contributed by atoms with E-state index in [0.717, 1.165) is 64.0 Å². The van der Waals surface area contributed by atoms with Crippen molar-refractivity contribution in [3.05, 3.63) is 0 Å². The van der Waals surface area contributed by atoms with Gasteiger partial charge in [0.2, 0.25) is 0 Å². The number of halogens is 1. The fourth-order valence-corrected chi connectivity index (χ4v) is 3.73. The number of rotatable bonds is 3. The molecule has 7 heteroatoms. The smallest absolute Gasteiger partial charge is 0.410 e. The van der Waals surface area contributed by atoms with Gasteiger partial charge in [0.05, 0.1) is 0 Å². The molecule has 2 heterocycles. The highest BCUT2D eigenvalue weighted by Gasteiger charge is 2.28. The molecular formula is C20H39IN4O2. The molecule has 2 rings (SSSR count). The molecule has 2 fully saturated rings. The van der Waals surface area contributed by atoms with Gasteiger partial charge in [0.25, 0.3) is 0 Å². The van der Waals surface area contributed by atoms with E-state index in [1.54, 1.807) is 0 Å². The fraction of sp³-hybridized carbons (Fsp3) is 0.900. The van der Waals surface area contributed by atoms with Gasteiger partial charge in [0.1, 0.15) is 5.60 Å². The first-order chi connectivity index (χ1) is 12.3. The summed E-state index contributed by atoms with van der Waals surface area (Å²) in [7, 11) is 0. The zero-order chi connectivity index (χ0) is 19.2. The molecule has 0 saturated carbocycles. The van der Waals surface area contributed by atoms with E-state index in [4.69, 9.17) is 9.73 Å². The maximum absolute atomic E-state index is 12.3. The molecule has 1 amide bonds. The van der Waals surface area contributed by atoms with Crippen molar-refractivity contribution in [1.82, 2.24) is 15.1 Å². The molecule has 0 aromatic carbocycles. The third kappa shape index (κ3) is 8.44. The maximum atomic E-state index is 12.3. The number of amides is 1. The molecule has 2 atom stereocenters. The van der Waals surface area contributed by atoms with Gasteiger partial charge in [0, 0.05) is 39.3 Å². The zero-order valence-corrected chi connectivity index (χ0v) is 20.1. The van der Waals surface area contributed by atoms with E-state index >= 15 is 0 Å². The van der Waals surface area contributed by atoms with Crippen LogP contribution < -0.4 is 5.32 Å². The molecule has 6 nitrogen and oxygen atoms in total. The Hall–Kier alpha value is -0.730. The lowest BCUT2D eigenvalue weighted by molar-refractivity contribution is 0.0170. The number of ether oxygens (including phenoxy) is 1. The Labute approximate surface area is 182 Å². The first kappa shape index (κ1) is 24.3. The summed E-state index contributed by atoms with van der Waals surface area (Å²) in [6.45, 7) is 15.5. The van der Waals surface area contributed by atoms with Crippen molar-refractivity contribution in [1.29, 1.82) is 0 Å². The average Bonchev–Trinajstić information content (AvgIpc) is 2.57. The third-order valence-electron chi connectivity index (χ3n) is 4.96. The van der Waals surface area contributed by atoms with Gasteiger partial charge in [-0.2, -0.15) is 0 Å². The van der Waals surface area contributed by atoms with E-state index in [1.165, 1.54) is 12.8 Å². The molecule has 2 unspecified atom stereocenters. The second-order valence-corrected chi connectivity index (χ2v) is 8.82. The molecule has 27 heavy (non-hydrogen) atoms. The van der Waals surface area contributed by atoms with Gasteiger partial charge in [-0.1, -0.05) is 6.92 Å². The fourth-order valence-electron chi connectivity index (χ4n) is 3.73. The van der Waals surface area contributed by atoms with E-state index in [1.807, 2.05) is 25.7 Å². The third-order valence-corrected chi connectivity index (χ3v) is 4.96. The normalized spacial score (nSPS) is 24.3. The number of carbonyl (C=O) groups is 1. The molecule has 2 aliphatic rings. The van der Waals surface area contributed by atoms with Gasteiger partial charge < -0.3 is 19.9 Å². The summed E-state index contributed by atoms with van der Waals surface area (Å²) in [4.78, 5) is 21.5. The van der Waals surface area contributed by atoms with Crippen LogP contribution in [0.2, 0.25) is 0 Å². The molecule has 2 aliphatic heterocycles. The van der Waals surface area contributed by atoms with E-state index in [-0.39, 0.29) is 30.1 Å². The largest absolute Gasteiger partial charge is 0.444 e. The lowest BCUT2D eigenvalue weighted by Crippen LogP contribution is -2.47. The summed E-state index contributed by atoms with van der Waals surface area (Å²) in [5.74, 6) is 2.17. The summed E-state index contributed by atoms with van der Waals surface area (Å²) >= 11 is 0. The van der Waals surface area contributed by atoms with Gasteiger partial charge in [-0.05, 0) is 65.2 Å². The highest BCUT2D eigenvalue weighted by atomic mass is 127. The minimum Gasteiger partial charge on any atom is -0.444 e. The van der Waals surface area contributed by atoms with Crippen LogP contribution in [0.4, 0.5) is 4.79 Å². The quantitative estimate of drug-likeness (QED) is 0.367. The molecule has 0 aromatic rings. The first-order valence-corrected chi connectivity index (χ1v) is 10.3. The number of hydrogen-bond donors (Lipinski definition) is 1. The van der Waals surface area contributed by atoms with E-state index in [9.17, 15) is 4.79 Å². The highest BCUT2D eigenvalue weighted by Crippen LogP contribution is 2.20. The lowest BCUT2D eigenvalue weighted by Gasteiger charge is -2.35. The van der Waals surface area contributed by atoms with Crippen molar-refractivity contribution in [3.63, 3.8) is 0 Å². The minimum atomic E-state index is -0.439. The van der Waals surface area contributed by atoms with Crippen LogP contribution in [-0.4, -0.2) is 66.7 Å². The van der Waals surface area contributed by atoms with Crippen molar-refractivity contribution in [2.75, 3.05) is 39.3 Å². The zero-order valence-electron chi connectivity index (χ0n) is 17.8. The van der Waals surface area contributed by atoms with Crippen LogP contribution in [0.25, 0.3) is 0 Å². The summed E-state index contributed by atoms with van der Waals surface area (Å²) in [6, 6.07) is 0. The molecule has 2 saturated heterocycles. The number of guanidine groups is 1. The van der Waals surface area contributed by atoms with Gasteiger partial charge in [0.15, 0.2) is 5.96 Å². The SMILES string of the molecule is CCNC(=NCC1CCCN(C(=O)OC(C)(C)C)C1)N1CCCC(C)C1.I. The lowest BCUT2D eigenvalue weighted by atomic mass is 9.98. The van der Waals surface area contributed by atoms with Gasteiger partial charge >= 0.3 is 6.09 Å². The summed E-state index contributed by atoms with van der Waals surface area (Å²) in [6.07, 6.45) is 4.50.